The summed E-state index contributed by atoms with van der Waals surface area (Å²) in [7, 11) is -1.13. The van der Waals surface area contributed by atoms with Gasteiger partial charge < -0.3 is 4.84 Å². The lowest BCUT2D eigenvalue weighted by Gasteiger charge is -2.28. The van der Waals surface area contributed by atoms with Crippen LogP contribution in [0, 0.1) is 0 Å². The van der Waals surface area contributed by atoms with Crippen LogP contribution in [0.4, 0.5) is 0 Å². The van der Waals surface area contributed by atoms with Crippen LogP contribution in [0.25, 0.3) is 0 Å². The van der Waals surface area contributed by atoms with Gasteiger partial charge in [-0.2, -0.15) is 0 Å². The Morgan fingerprint density at radius 1 is 1.28 bits per heavy atom. The fourth-order valence-electron chi connectivity index (χ4n) is 2.22. The number of halogens is 1. The van der Waals surface area contributed by atoms with Crippen LogP contribution in [0.2, 0.25) is 25.7 Å². The normalized spacial score (nSPS) is 24.3. The van der Waals surface area contributed by atoms with E-state index in [-0.39, 0.29) is 11.5 Å². The van der Waals surface area contributed by atoms with E-state index in [2.05, 4.69) is 24.8 Å². The van der Waals surface area contributed by atoms with Crippen LogP contribution in [-0.2, 0) is 4.84 Å². The molecule has 0 fully saturated rings. The van der Waals surface area contributed by atoms with Gasteiger partial charge in [0.1, 0.15) is 11.8 Å². The second-order valence-electron chi connectivity index (χ2n) is 6.04. The van der Waals surface area contributed by atoms with Crippen molar-refractivity contribution in [2.45, 2.75) is 43.6 Å². The van der Waals surface area contributed by atoms with E-state index in [0.29, 0.717) is 0 Å². The Labute approximate surface area is 115 Å². The molecule has 2 nitrogen and oxygen atoms in total. The molecule has 0 aliphatic carbocycles. The zero-order valence-electron chi connectivity index (χ0n) is 11.2. The molecule has 98 valence electrons. The maximum Gasteiger partial charge on any atom is 0.127 e. The van der Waals surface area contributed by atoms with Gasteiger partial charge in [-0.05, 0) is 6.04 Å². The second-order valence-corrected chi connectivity index (χ2v) is 12.1. The Morgan fingerprint density at radius 3 is 2.50 bits per heavy atom. The predicted molar refractivity (Wildman–Crippen MR) is 80.3 cm³/mol. The number of alkyl halides is 1. The maximum absolute atomic E-state index is 6.45. The molecule has 0 amide bonds. The lowest BCUT2D eigenvalue weighted by molar-refractivity contribution is 0.0573. The summed E-state index contributed by atoms with van der Waals surface area (Å²) in [5.41, 5.74) is 1.92. The molecule has 0 saturated heterocycles. The first kappa shape index (κ1) is 13.6. The molecule has 0 N–H and O–H groups in total. The largest absolute Gasteiger partial charge is 0.392 e. The molecule has 1 aliphatic heterocycles. The van der Waals surface area contributed by atoms with E-state index in [9.17, 15) is 0 Å². The molecule has 0 unspecified atom stereocenters. The maximum atomic E-state index is 6.45. The van der Waals surface area contributed by atoms with E-state index in [1.54, 1.807) is 0 Å². The third kappa shape index (κ3) is 3.59. The van der Waals surface area contributed by atoms with Gasteiger partial charge in [-0.3, -0.25) is 0 Å². The Kier molecular flexibility index (Phi) is 4.13. The monoisotopic (exact) mass is 281 g/mol. The van der Waals surface area contributed by atoms with Crippen LogP contribution in [-0.4, -0.2) is 25.3 Å². The number of rotatable bonds is 3. The van der Waals surface area contributed by atoms with Gasteiger partial charge in [0, 0.05) is 20.1 Å². The fraction of sp³-hybridized carbons (Fsp3) is 0.500. The highest BCUT2D eigenvalue weighted by atomic mass is 35.5. The number of nitrogens with zero attached hydrogens (tertiary/aromatic N) is 1. The summed E-state index contributed by atoms with van der Waals surface area (Å²) >= 11 is 6.45. The molecule has 18 heavy (non-hydrogen) atoms. The molecule has 0 spiro atoms. The molecule has 1 aromatic rings. The summed E-state index contributed by atoms with van der Waals surface area (Å²) in [4.78, 5) is 5.63. The molecule has 0 radical (unpaired) electrons. The van der Waals surface area contributed by atoms with E-state index in [1.165, 1.54) is 0 Å². The molecule has 0 aromatic heterocycles. The van der Waals surface area contributed by atoms with Gasteiger partial charge in [0.2, 0.25) is 0 Å². The van der Waals surface area contributed by atoms with Crippen molar-refractivity contribution < 1.29 is 4.84 Å². The van der Waals surface area contributed by atoms with E-state index in [1.807, 2.05) is 30.3 Å². The molecule has 1 aliphatic rings. The summed E-state index contributed by atoms with van der Waals surface area (Å²) < 4.78 is 0. The third-order valence-corrected chi connectivity index (χ3v) is 5.04. The Morgan fingerprint density at radius 2 is 1.94 bits per heavy atom. The lowest BCUT2D eigenvalue weighted by atomic mass is 10.0. The Balaban J connectivity index is 2.09. The summed E-state index contributed by atoms with van der Waals surface area (Å²) in [6.07, 6.45) is 1.05. The first-order chi connectivity index (χ1) is 8.46. The molecule has 4 heteroatoms. The lowest BCUT2D eigenvalue weighted by Crippen LogP contribution is -2.34. The zero-order valence-corrected chi connectivity index (χ0v) is 12.9. The highest BCUT2D eigenvalue weighted by Gasteiger charge is 2.30. The average Bonchev–Trinajstić information content (AvgIpc) is 2.28. The van der Waals surface area contributed by atoms with Crippen LogP contribution >= 0.6 is 11.6 Å². The first-order valence-electron chi connectivity index (χ1n) is 6.39. The van der Waals surface area contributed by atoms with Crippen molar-refractivity contribution in [2.75, 3.05) is 0 Å². The number of benzene rings is 1. The van der Waals surface area contributed by atoms with Crippen LogP contribution in [0.3, 0.4) is 0 Å². The minimum atomic E-state index is -1.13. The van der Waals surface area contributed by atoms with Crippen molar-refractivity contribution in [2.24, 2.45) is 5.16 Å². The quantitative estimate of drug-likeness (QED) is 0.603. The standard InChI is InChI=1S/C14H20ClNOSi/c1-18(2,3)10-12-9-13(15)14(16-17-12)11-7-5-4-6-8-11/h4-8,12-13H,9-10H2,1-3H3/t12-,13+/m0/s1. The van der Waals surface area contributed by atoms with Gasteiger partial charge in [-0.1, -0.05) is 55.1 Å². The van der Waals surface area contributed by atoms with Crippen molar-refractivity contribution in [1.29, 1.82) is 0 Å². The summed E-state index contributed by atoms with van der Waals surface area (Å²) in [6, 6.07) is 11.1. The third-order valence-electron chi connectivity index (χ3n) is 2.98. The molecular formula is C14H20ClNOSi. The second kappa shape index (κ2) is 5.45. The van der Waals surface area contributed by atoms with Gasteiger partial charge in [0.15, 0.2) is 0 Å². The molecule has 0 saturated carbocycles. The van der Waals surface area contributed by atoms with Gasteiger partial charge >= 0.3 is 0 Å². The predicted octanol–water partition coefficient (Wildman–Crippen LogP) is 4.13. The molecule has 2 atom stereocenters. The number of hydrogen-bond donors (Lipinski definition) is 0. The highest BCUT2D eigenvalue weighted by molar-refractivity contribution is 6.76. The molecule has 2 rings (SSSR count). The first-order valence-corrected chi connectivity index (χ1v) is 10.5. The molecule has 1 aromatic carbocycles. The number of hydrogen-bond acceptors (Lipinski definition) is 2. The number of oxime groups is 1. The van der Waals surface area contributed by atoms with Gasteiger partial charge in [-0.25, -0.2) is 0 Å². The minimum Gasteiger partial charge on any atom is -0.392 e. The van der Waals surface area contributed by atoms with Crippen molar-refractivity contribution in [3.05, 3.63) is 35.9 Å². The van der Waals surface area contributed by atoms with E-state index < -0.39 is 8.07 Å². The van der Waals surface area contributed by atoms with E-state index in [4.69, 9.17) is 16.4 Å². The minimum absolute atomic E-state index is 0.0394. The summed E-state index contributed by atoms with van der Waals surface area (Å²) in [5.74, 6) is 0. The molecule has 0 bridgehead atoms. The topological polar surface area (TPSA) is 21.6 Å². The van der Waals surface area contributed by atoms with Crippen LogP contribution < -0.4 is 0 Å². The molecular weight excluding hydrogens is 262 g/mol. The van der Waals surface area contributed by atoms with E-state index >= 15 is 0 Å². The summed E-state index contributed by atoms with van der Waals surface area (Å²) in [6.45, 7) is 7.03. The van der Waals surface area contributed by atoms with Crippen LogP contribution in [0.5, 0.6) is 0 Å². The van der Waals surface area contributed by atoms with Crippen molar-refractivity contribution >= 4 is 25.4 Å². The highest BCUT2D eigenvalue weighted by Crippen LogP contribution is 2.26. The Bertz CT molecular complexity index is 427. The summed E-state index contributed by atoms with van der Waals surface area (Å²) in [5, 5.41) is 4.21. The fourth-order valence-corrected chi connectivity index (χ4v) is 4.19. The average molecular weight is 282 g/mol. The SMILES string of the molecule is C[Si](C)(C)C[C@@H]1C[C@@H](Cl)C(c2ccccc2)=NO1. The van der Waals surface area contributed by atoms with Gasteiger partial charge in [0.05, 0.1) is 5.38 Å². The van der Waals surface area contributed by atoms with Gasteiger partial charge in [-0.15, -0.1) is 11.6 Å². The Hall–Kier alpha value is -0.803. The molecule has 1 heterocycles. The van der Waals surface area contributed by atoms with Gasteiger partial charge in [0.25, 0.3) is 0 Å². The van der Waals surface area contributed by atoms with Crippen molar-refractivity contribution in [3.8, 4) is 0 Å². The van der Waals surface area contributed by atoms with Crippen LogP contribution in [0.1, 0.15) is 12.0 Å². The smallest absolute Gasteiger partial charge is 0.127 e. The van der Waals surface area contributed by atoms with E-state index in [0.717, 1.165) is 23.7 Å². The van der Waals surface area contributed by atoms with Crippen LogP contribution in [0.15, 0.2) is 35.5 Å². The zero-order chi connectivity index (χ0) is 13.2. The van der Waals surface area contributed by atoms with Crippen molar-refractivity contribution in [3.63, 3.8) is 0 Å². The van der Waals surface area contributed by atoms with Crippen molar-refractivity contribution in [1.82, 2.24) is 0 Å².